The Morgan fingerprint density at radius 2 is 2.17 bits per heavy atom. The number of sulfonamides is 1. The quantitative estimate of drug-likeness (QED) is 0.715. The summed E-state index contributed by atoms with van der Waals surface area (Å²) in [6.45, 7) is 0. The molecule has 4 nitrogen and oxygen atoms in total. The lowest BCUT2D eigenvalue weighted by atomic mass is 10.4. The Bertz CT molecular complexity index is 377. The maximum atomic E-state index is 10.8. The molecule has 66 valence electrons. The van der Waals surface area contributed by atoms with Crippen molar-refractivity contribution < 1.29 is 8.42 Å². The number of hydrogen-bond acceptors (Lipinski definition) is 3. The molecule has 0 bridgehead atoms. The van der Waals surface area contributed by atoms with E-state index in [9.17, 15) is 8.42 Å². The summed E-state index contributed by atoms with van der Waals surface area (Å²) in [4.78, 5) is 3.72. The third kappa shape index (κ3) is 2.17. The van der Waals surface area contributed by atoms with Crippen LogP contribution in [-0.2, 0) is 15.9 Å². The summed E-state index contributed by atoms with van der Waals surface area (Å²) in [5.41, 5.74) is 0.489. The molecule has 0 atom stereocenters. The fraction of sp³-hybridized carbons (Fsp3) is 0.167. The highest BCUT2D eigenvalue weighted by Gasteiger charge is 2.08. The van der Waals surface area contributed by atoms with E-state index in [1.165, 1.54) is 6.07 Å². The Hall–Kier alpha value is -0.650. The van der Waals surface area contributed by atoms with Crippen LogP contribution in [0.4, 0.5) is 0 Å². The van der Waals surface area contributed by atoms with Crippen LogP contribution < -0.4 is 5.14 Å². The summed E-state index contributed by atoms with van der Waals surface area (Å²) in [6, 6.07) is 4.50. The Balaban J connectivity index is 3.20. The van der Waals surface area contributed by atoms with E-state index in [-0.39, 0.29) is 10.9 Å². The average molecular weight is 207 g/mol. The molecule has 0 aliphatic carbocycles. The van der Waals surface area contributed by atoms with Crippen LogP contribution in [0.25, 0.3) is 0 Å². The molecule has 6 heteroatoms. The predicted molar refractivity (Wildman–Crippen MR) is 45.2 cm³/mol. The number of primary sulfonamides is 1. The molecule has 0 aromatic carbocycles. The van der Waals surface area contributed by atoms with Crippen molar-refractivity contribution in [2.75, 3.05) is 0 Å². The Morgan fingerprint density at radius 3 is 2.67 bits per heavy atom. The second-order valence-corrected chi connectivity index (χ2v) is 3.92. The molecule has 0 unspecified atom stereocenters. The number of nitrogens with zero attached hydrogens (tertiary/aromatic N) is 1. The van der Waals surface area contributed by atoms with Gasteiger partial charge < -0.3 is 0 Å². The first-order valence-electron chi connectivity index (χ1n) is 3.09. The number of pyridine rings is 1. The predicted octanol–water partition coefficient (Wildman–Crippen LogP) is 0.468. The Kier molecular flexibility index (Phi) is 2.66. The number of hydrogen-bond donors (Lipinski definition) is 1. The van der Waals surface area contributed by atoms with Crippen molar-refractivity contribution in [2.45, 2.75) is 10.9 Å². The van der Waals surface area contributed by atoms with Gasteiger partial charge in [0.1, 0.15) is 0 Å². The number of halogens is 1. The van der Waals surface area contributed by atoms with Gasteiger partial charge in [-0.15, -0.1) is 11.6 Å². The first-order chi connectivity index (χ1) is 5.54. The third-order valence-corrected chi connectivity index (χ3v) is 2.29. The molecule has 0 aliphatic rings. The zero-order valence-electron chi connectivity index (χ0n) is 6.07. The molecular formula is C6H7ClN2O2S. The second kappa shape index (κ2) is 3.38. The maximum Gasteiger partial charge on any atom is 0.255 e. The average Bonchev–Trinajstić information content (AvgIpc) is 2.03. The number of rotatable bonds is 2. The van der Waals surface area contributed by atoms with E-state index in [0.717, 1.165) is 0 Å². The van der Waals surface area contributed by atoms with Crippen molar-refractivity contribution in [2.24, 2.45) is 5.14 Å². The lowest BCUT2D eigenvalue weighted by molar-refractivity contribution is 0.593. The topological polar surface area (TPSA) is 73.1 Å². The summed E-state index contributed by atoms with van der Waals surface area (Å²) in [6.07, 6.45) is 0. The van der Waals surface area contributed by atoms with Gasteiger partial charge in [-0.3, -0.25) is 0 Å². The molecule has 2 N–H and O–H groups in total. The largest absolute Gasteiger partial charge is 0.255 e. The van der Waals surface area contributed by atoms with Crippen LogP contribution >= 0.6 is 11.6 Å². The summed E-state index contributed by atoms with van der Waals surface area (Å²) in [5, 5.41) is 4.69. The van der Waals surface area contributed by atoms with Gasteiger partial charge in [0.25, 0.3) is 10.0 Å². The third-order valence-electron chi connectivity index (χ3n) is 1.21. The van der Waals surface area contributed by atoms with Crippen molar-refractivity contribution in [1.29, 1.82) is 0 Å². The van der Waals surface area contributed by atoms with Crippen molar-refractivity contribution in [3.8, 4) is 0 Å². The van der Waals surface area contributed by atoms with Crippen LogP contribution in [0.15, 0.2) is 23.2 Å². The van der Waals surface area contributed by atoms with E-state index in [0.29, 0.717) is 5.69 Å². The van der Waals surface area contributed by atoms with E-state index in [4.69, 9.17) is 16.7 Å². The minimum Gasteiger partial charge on any atom is -0.239 e. The molecule has 0 saturated heterocycles. The summed E-state index contributed by atoms with van der Waals surface area (Å²) < 4.78 is 21.5. The van der Waals surface area contributed by atoms with Gasteiger partial charge in [-0.2, -0.15) is 0 Å². The highest BCUT2D eigenvalue weighted by atomic mass is 35.5. The van der Waals surface area contributed by atoms with Crippen LogP contribution in [0.5, 0.6) is 0 Å². The van der Waals surface area contributed by atoms with Gasteiger partial charge in [0.2, 0.25) is 0 Å². The van der Waals surface area contributed by atoms with Crippen molar-refractivity contribution in [1.82, 2.24) is 4.98 Å². The van der Waals surface area contributed by atoms with Crippen molar-refractivity contribution in [3.63, 3.8) is 0 Å². The molecule has 1 aromatic rings. The summed E-state index contributed by atoms with van der Waals surface area (Å²) in [5.74, 6) is 0.170. The molecule has 1 aromatic heterocycles. The molecule has 1 rings (SSSR count). The molecule has 0 aliphatic heterocycles. The van der Waals surface area contributed by atoms with Crippen LogP contribution in [0.2, 0.25) is 0 Å². The minimum absolute atomic E-state index is 0.152. The molecule has 0 spiro atoms. The van der Waals surface area contributed by atoms with Gasteiger partial charge in [-0.25, -0.2) is 18.5 Å². The molecule has 0 fully saturated rings. The maximum absolute atomic E-state index is 10.8. The molecule has 0 saturated carbocycles. The smallest absolute Gasteiger partial charge is 0.239 e. The van der Waals surface area contributed by atoms with Gasteiger partial charge in [0.05, 0.1) is 11.6 Å². The molecule has 12 heavy (non-hydrogen) atoms. The molecular weight excluding hydrogens is 200 g/mol. The van der Waals surface area contributed by atoms with Gasteiger partial charge in [-0.1, -0.05) is 6.07 Å². The fourth-order valence-corrected chi connectivity index (χ4v) is 1.35. The molecule has 1 heterocycles. The first-order valence-corrected chi connectivity index (χ1v) is 5.17. The van der Waals surface area contributed by atoms with Crippen LogP contribution in [0.1, 0.15) is 5.69 Å². The van der Waals surface area contributed by atoms with E-state index >= 15 is 0 Å². The molecule has 0 radical (unpaired) electrons. The normalized spacial score (nSPS) is 11.5. The van der Waals surface area contributed by atoms with E-state index < -0.39 is 10.0 Å². The van der Waals surface area contributed by atoms with Crippen molar-refractivity contribution in [3.05, 3.63) is 23.9 Å². The van der Waals surface area contributed by atoms with Gasteiger partial charge in [-0.05, 0) is 12.1 Å². The van der Waals surface area contributed by atoms with Crippen LogP contribution in [0.3, 0.4) is 0 Å². The Labute approximate surface area is 75.4 Å². The van der Waals surface area contributed by atoms with E-state index in [1.807, 2.05) is 0 Å². The SMILES string of the molecule is NS(=O)(=O)c1cccc(CCl)n1. The lowest BCUT2D eigenvalue weighted by Gasteiger charge is -1.98. The minimum atomic E-state index is -3.71. The first kappa shape index (κ1) is 9.44. The van der Waals surface area contributed by atoms with E-state index in [1.54, 1.807) is 12.1 Å². The standard InChI is InChI=1S/C6H7ClN2O2S/c7-4-5-2-1-3-6(9-5)12(8,10)11/h1-3H,4H2,(H2,8,10,11). The lowest BCUT2D eigenvalue weighted by Crippen LogP contribution is -2.14. The zero-order valence-corrected chi connectivity index (χ0v) is 7.64. The Morgan fingerprint density at radius 1 is 1.50 bits per heavy atom. The summed E-state index contributed by atoms with van der Waals surface area (Å²) >= 11 is 5.45. The van der Waals surface area contributed by atoms with Gasteiger partial charge in [0, 0.05) is 0 Å². The number of nitrogens with two attached hydrogens (primary N) is 1. The van der Waals surface area contributed by atoms with Gasteiger partial charge >= 0.3 is 0 Å². The zero-order chi connectivity index (χ0) is 9.19. The molecule has 0 amide bonds. The number of alkyl halides is 1. The van der Waals surface area contributed by atoms with Crippen LogP contribution in [-0.4, -0.2) is 13.4 Å². The monoisotopic (exact) mass is 206 g/mol. The van der Waals surface area contributed by atoms with Crippen LogP contribution in [0, 0.1) is 0 Å². The second-order valence-electron chi connectivity index (χ2n) is 2.15. The van der Waals surface area contributed by atoms with Crippen molar-refractivity contribution >= 4 is 21.6 Å². The number of aromatic nitrogens is 1. The highest BCUT2D eigenvalue weighted by molar-refractivity contribution is 7.89. The van der Waals surface area contributed by atoms with Gasteiger partial charge in [0.15, 0.2) is 5.03 Å². The fourth-order valence-electron chi connectivity index (χ4n) is 0.690. The highest BCUT2D eigenvalue weighted by Crippen LogP contribution is 2.05. The summed E-state index contributed by atoms with van der Waals surface area (Å²) in [7, 11) is -3.71. The van der Waals surface area contributed by atoms with E-state index in [2.05, 4.69) is 4.98 Å².